The van der Waals surface area contributed by atoms with Gasteiger partial charge in [0.2, 0.25) is 0 Å². The van der Waals surface area contributed by atoms with Crippen molar-refractivity contribution in [1.82, 2.24) is 0 Å². The number of hydrogen-bond donors (Lipinski definition) is 0. The summed E-state index contributed by atoms with van der Waals surface area (Å²) in [6.07, 6.45) is -5.42. The molecular formula is C14H15F3O4. The Labute approximate surface area is 119 Å². The van der Waals surface area contributed by atoms with Gasteiger partial charge in [-0.2, -0.15) is 13.2 Å². The minimum absolute atomic E-state index is 0.114. The van der Waals surface area contributed by atoms with Gasteiger partial charge in [0.1, 0.15) is 12.7 Å². The molecule has 0 bridgehead atoms. The van der Waals surface area contributed by atoms with Crippen molar-refractivity contribution in [3.8, 4) is 0 Å². The fourth-order valence-corrected chi connectivity index (χ4v) is 2.05. The summed E-state index contributed by atoms with van der Waals surface area (Å²) in [4.78, 5) is 12.1. The molecule has 116 valence electrons. The van der Waals surface area contributed by atoms with Gasteiger partial charge in [-0.15, -0.1) is 0 Å². The predicted octanol–water partition coefficient (Wildman–Crippen LogP) is 2.42. The van der Waals surface area contributed by atoms with E-state index >= 15 is 0 Å². The number of ether oxygens (including phenoxy) is 3. The van der Waals surface area contributed by atoms with Crippen LogP contribution in [0.25, 0.3) is 0 Å². The molecule has 0 aromatic heterocycles. The third kappa shape index (κ3) is 2.89. The third-order valence-electron chi connectivity index (χ3n) is 3.39. The Morgan fingerprint density at radius 1 is 1.29 bits per heavy atom. The van der Waals surface area contributed by atoms with Gasteiger partial charge in [-0.3, -0.25) is 0 Å². The highest BCUT2D eigenvalue weighted by atomic mass is 19.4. The SMILES string of the molecule is CO[C@](C(=O)OC[C@@H]1O[C@H]1C)(c1ccccc1)C(F)(F)F. The van der Waals surface area contributed by atoms with E-state index in [4.69, 9.17) is 9.47 Å². The van der Waals surface area contributed by atoms with E-state index < -0.39 is 17.7 Å². The van der Waals surface area contributed by atoms with Crippen LogP contribution in [0.2, 0.25) is 0 Å². The molecule has 0 spiro atoms. The summed E-state index contributed by atoms with van der Waals surface area (Å²) in [5.74, 6) is -1.49. The van der Waals surface area contributed by atoms with Gasteiger partial charge < -0.3 is 14.2 Å². The Bertz CT molecular complexity index is 503. The highest BCUT2D eigenvalue weighted by Gasteiger charge is 2.64. The van der Waals surface area contributed by atoms with Crippen LogP contribution in [0.15, 0.2) is 30.3 Å². The Balaban J connectivity index is 2.29. The molecule has 0 radical (unpaired) electrons. The van der Waals surface area contributed by atoms with Crippen LogP contribution in [0, 0.1) is 0 Å². The van der Waals surface area contributed by atoms with E-state index in [2.05, 4.69) is 4.74 Å². The molecule has 0 N–H and O–H groups in total. The lowest BCUT2D eigenvalue weighted by atomic mass is 9.93. The number of methoxy groups -OCH3 is 1. The van der Waals surface area contributed by atoms with Gasteiger partial charge in [-0.05, 0) is 6.92 Å². The highest BCUT2D eigenvalue weighted by Crippen LogP contribution is 2.43. The number of carbonyl (C=O) groups is 1. The van der Waals surface area contributed by atoms with Crippen molar-refractivity contribution in [3.05, 3.63) is 35.9 Å². The molecule has 2 rings (SSSR count). The lowest BCUT2D eigenvalue weighted by Crippen LogP contribution is -2.52. The Morgan fingerprint density at radius 2 is 1.86 bits per heavy atom. The maximum atomic E-state index is 13.5. The van der Waals surface area contributed by atoms with Gasteiger partial charge >= 0.3 is 12.1 Å². The molecular weight excluding hydrogens is 289 g/mol. The quantitative estimate of drug-likeness (QED) is 0.619. The van der Waals surface area contributed by atoms with Crippen LogP contribution in [0.1, 0.15) is 12.5 Å². The molecule has 0 aliphatic carbocycles. The molecule has 1 aromatic carbocycles. The second-order valence-electron chi connectivity index (χ2n) is 4.73. The molecule has 1 aliphatic heterocycles. The summed E-state index contributed by atoms with van der Waals surface area (Å²) < 4.78 is 54.8. The standard InChI is InChI=1S/C14H15F3O4/c1-9-11(21-9)8-20-12(18)13(19-2,14(15,16)17)10-6-4-3-5-7-10/h3-7,9,11H,8H2,1-2H3/t9-,11-,13-/m0/s1. The predicted molar refractivity (Wildman–Crippen MR) is 66.5 cm³/mol. The number of esters is 1. The van der Waals surface area contributed by atoms with E-state index in [0.717, 1.165) is 7.11 Å². The lowest BCUT2D eigenvalue weighted by Gasteiger charge is -2.32. The first-order valence-corrected chi connectivity index (χ1v) is 6.33. The number of benzene rings is 1. The number of halogens is 3. The zero-order valence-electron chi connectivity index (χ0n) is 11.5. The van der Waals surface area contributed by atoms with Crippen LogP contribution < -0.4 is 0 Å². The third-order valence-corrected chi connectivity index (χ3v) is 3.39. The van der Waals surface area contributed by atoms with E-state index in [9.17, 15) is 18.0 Å². The first-order valence-electron chi connectivity index (χ1n) is 6.33. The van der Waals surface area contributed by atoms with Crippen LogP contribution in [0.5, 0.6) is 0 Å². The number of epoxide rings is 1. The topological polar surface area (TPSA) is 48.1 Å². The maximum absolute atomic E-state index is 13.5. The van der Waals surface area contributed by atoms with Crippen LogP contribution in [-0.4, -0.2) is 38.1 Å². The summed E-state index contributed by atoms with van der Waals surface area (Å²) in [5.41, 5.74) is -3.46. The lowest BCUT2D eigenvalue weighted by molar-refractivity contribution is -0.276. The van der Waals surface area contributed by atoms with Crippen molar-refractivity contribution in [1.29, 1.82) is 0 Å². The number of carbonyl (C=O) groups excluding carboxylic acids is 1. The monoisotopic (exact) mass is 304 g/mol. The molecule has 21 heavy (non-hydrogen) atoms. The van der Waals surface area contributed by atoms with Crippen LogP contribution in [0.3, 0.4) is 0 Å². The summed E-state index contributed by atoms with van der Waals surface area (Å²) in [5, 5.41) is 0. The van der Waals surface area contributed by atoms with Crippen LogP contribution >= 0.6 is 0 Å². The summed E-state index contributed by atoms with van der Waals surface area (Å²) in [6, 6.07) is 6.69. The molecule has 3 atom stereocenters. The molecule has 1 aliphatic rings. The molecule has 1 aromatic rings. The van der Waals surface area contributed by atoms with Crippen LogP contribution in [0.4, 0.5) is 13.2 Å². The zero-order chi connectivity index (χ0) is 15.7. The molecule has 0 saturated carbocycles. The largest absolute Gasteiger partial charge is 0.460 e. The molecule has 1 fully saturated rings. The van der Waals surface area contributed by atoms with Gasteiger partial charge in [0.15, 0.2) is 0 Å². The highest BCUT2D eigenvalue weighted by molar-refractivity contribution is 5.82. The molecule has 4 nitrogen and oxygen atoms in total. The second-order valence-corrected chi connectivity index (χ2v) is 4.73. The van der Waals surface area contributed by atoms with E-state index in [1.54, 1.807) is 13.0 Å². The van der Waals surface area contributed by atoms with Gasteiger partial charge in [-0.1, -0.05) is 30.3 Å². The van der Waals surface area contributed by atoms with E-state index in [-0.39, 0.29) is 24.4 Å². The van der Waals surface area contributed by atoms with Crippen molar-refractivity contribution >= 4 is 5.97 Å². The van der Waals surface area contributed by atoms with Crippen molar-refractivity contribution in [2.24, 2.45) is 0 Å². The summed E-state index contributed by atoms with van der Waals surface area (Å²) in [6.45, 7) is 1.51. The maximum Gasteiger partial charge on any atom is 0.432 e. The smallest absolute Gasteiger partial charge is 0.432 e. The first kappa shape index (κ1) is 15.8. The van der Waals surface area contributed by atoms with Crippen molar-refractivity contribution < 1.29 is 32.2 Å². The molecule has 0 amide bonds. The number of hydrogen-bond acceptors (Lipinski definition) is 4. The van der Waals surface area contributed by atoms with Gasteiger partial charge in [-0.25, -0.2) is 4.79 Å². The zero-order valence-corrected chi connectivity index (χ0v) is 11.5. The fraction of sp³-hybridized carbons (Fsp3) is 0.500. The minimum Gasteiger partial charge on any atom is -0.460 e. The van der Waals surface area contributed by atoms with Crippen molar-refractivity contribution in [2.75, 3.05) is 13.7 Å². The van der Waals surface area contributed by atoms with E-state index in [1.165, 1.54) is 24.3 Å². The van der Waals surface area contributed by atoms with E-state index in [0.29, 0.717) is 0 Å². The Kier molecular flexibility index (Phi) is 4.25. The van der Waals surface area contributed by atoms with Gasteiger partial charge in [0.25, 0.3) is 5.60 Å². The summed E-state index contributed by atoms with van der Waals surface area (Å²) >= 11 is 0. The van der Waals surface area contributed by atoms with Crippen molar-refractivity contribution in [2.45, 2.75) is 30.9 Å². The molecule has 0 unspecified atom stereocenters. The van der Waals surface area contributed by atoms with Gasteiger partial charge in [0, 0.05) is 12.7 Å². The fourth-order valence-electron chi connectivity index (χ4n) is 2.05. The van der Waals surface area contributed by atoms with E-state index in [1.807, 2.05) is 0 Å². The first-order chi connectivity index (χ1) is 9.83. The van der Waals surface area contributed by atoms with Gasteiger partial charge in [0.05, 0.1) is 6.10 Å². The molecule has 7 heteroatoms. The molecule has 1 heterocycles. The second kappa shape index (κ2) is 5.65. The Hall–Kier alpha value is -1.60. The average Bonchev–Trinajstić information content (AvgIpc) is 3.13. The summed E-state index contributed by atoms with van der Waals surface area (Å²) in [7, 11) is 0.831. The number of rotatable bonds is 5. The number of alkyl halides is 3. The molecule has 1 saturated heterocycles. The average molecular weight is 304 g/mol. The minimum atomic E-state index is -4.95. The normalized spacial score (nSPS) is 24.2. The van der Waals surface area contributed by atoms with Crippen LogP contribution in [-0.2, 0) is 24.6 Å². The Morgan fingerprint density at radius 3 is 2.29 bits per heavy atom. The van der Waals surface area contributed by atoms with Crippen molar-refractivity contribution in [3.63, 3.8) is 0 Å².